The smallest absolute Gasteiger partial charge is 0.227 e. The maximum absolute atomic E-state index is 4.70. The van der Waals surface area contributed by atoms with Gasteiger partial charge in [-0.05, 0) is 44.4 Å². The largest absolute Gasteiger partial charge is 0.324 e. The normalized spacial score (nSPS) is 17.3. The van der Waals surface area contributed by atoms with E-state index in [4.69, 9.17) is 4.98 Å². The van der Waals surface area contributed by atoms with Gasteiger partial charge in [-0.2, -0.15) is 0 Å². The highest BCUT2D eigenvalue weighted by atomic mass is 15.1. The van der Waals surface area contributed by atoms with Crippen LogP contribution in [0.5, 0.6) is 0 Å². The van der Waals surface area contributed by atoms with Crippen molar-refractivity contribution >= 4 is 11.6 Å². The summed E-state index contributed by atoms with van der Waals surface area (Å²) in [5, 5.41) is 6.87. The Morgan fingerprint density at radius 1 is 1.24 bits per heavy atom. The van der Waals surface area contributed by atoms with E-state index >= 15 is 0 Å². The van der Waals surface area contributed by atoms with Gasteiger partial charge in [0.25, 0.3) is 0 Å². The predicted octanol–water partition coefficient (Wildman–Crippen LogP) is 3.60. The summed E-state index contributed by atoms with van der Waals surface area (Å²) in [5.74, 6) is 0.691. The van der Waals surface area contributed by atoms with Crippen molar-refractivity contribution in [3.05, 3.63) is 47.8 Å². The van der Waals surface area contributed by atoms with Crippen LogP contribution < -0.4 is 10.6 Å². The van der Waals surface area contributed by atoms with Crippen molar-refractivity contribution in [1.29, 1.82) is 0 Å². The highest BCUT2D eigenvalue weighted by molar-refractivity contribution is 5.53. The molecule has 0 bridgehead atoms. The monoisotopic (exact) mass is 282 g/mol. The molecular formula is C17H22N4. The van der Waals surface area contributed by atoms with Crippen molar-refractivity contribution in [3.8, 4) is 0 Å². The first-order valence-electron chi connectivity index (χ1n) is 7.78. The highest BCUT2D eigenvalue weighted by Gasteiger charge is 2.21. The lowest BCUT2D eigenvalue weighted by Crippen LogP contribution is -2.26. The lowest BCUT2D eigenvalue weighted by Gasteiger charge is -2.25. The summed E-state index contributed by atoms with van der Waals surface area (Å²) in [7, 11) is 0. The van der Waals surface area contributed by atoms with Crippen LogP contribution in [0.15, 0.2) is 36.5 Å². The third-order valence-corrected chi connectivity index (χ3v) is 3.85. The molecule has 0 amide bonds. The zero-order valence-electron chi connectivity index (χ0n) is 12.5. The van der Waals surface area contributed by atoms with E-state index in [9.17, 15) is 0 Å². The van der Waals surface area contributed by atoms with Crippen LogP contribution in [0.3, 0.4) is 0 Å². The SMILES string of the molecule is CCCNC1CCCc2nc(Nc3ccccc3)ncc21. The maximum Gasteiger partial charge on any atom is 0.227 e. The van der Waals surface area contributed by atoms with Crippen LogP contribution in [-0.2, 0) is 6.42 Å². The van der Waals surface area contributed by atoms with E-state index in [0.29, 0.717) is 12.0 Å². The lowest BCUT2D eigenvalue weighted by atomic mass is 9.92. The number of nitrogens with one attached hydrogen (secondary N) is 2. The molecule has 2 N–H and O–H groups in total. The first kappa shape index (κ1) is 14.0. The molecule has 0 fully saturated rings. The minimum atomic E-state index is 0.416. The molecule has 0 spiro atoms. The molecule has 1 aromatic carbocycles. The zero-order valence-corrected chi connectivity index (χ0v) is 12.5. The molecule has 1 heterocycles. The Labute approximate surface area is 126 Å². The summed E-state index contributed by atoms with van der Waals surface area (Å²) in [6.07, 6.45) is 6.56. The molecule has 0 saturated heterocycles. The number of hydrogen-bond acceptors (Lipinski definition) is 4. The fraction of sp³-hybridized carbons (Fsp3) is 0.412. The molecule has 21 heavy (non-hydrogen) atoms. The summed E-state index contributed by atoms with van der Waals surface area (Å²) in [4.78, 5) is 9.19. The second kappa shape index (κ2) is 6.68. The average Bonchev–Trinajstić information content (AvgIpc) is 2.53. The van der Waals surface area contributed by atoms with E-state index in [0.717, 1.165) is 25.1 Å². The van der Waals surface area contributed by atoms with Gasteiger partial charge in [-0.1, -0.05) is 25.1 Å². The fourth-order valence-electron chi connectivity index (χ4n) is 2.79. The van der Waals surface area contributed by atoms with E-state index in [-0.39, 0.29) is 0 Å². The molecular weight excluding hydrogens is 260 g/mol. The number of aromatic nitrogens is 2. The van der Waals surface area contributed by atoms with Crippen molar-refractivity contribution in [2.75, 3.05) is 11.9 Å². The Morgan fingerprint density at radius 3 is 2.90 bits per heavy atom. The van der Waals surface area contributed by atoms with Crippen molar-refractivity contribution in [2.45, 2.75) is 38.6 Å². The highest BCUT2D eigenvalue weighted by Crippen LogP contribution is 2.29. The Hall–Kier alpha value is -1.94. The van der Waals surface area contributed by atoms with Crippen LogP contribution in [0.2, 0.25) is 0 Å². The van der Waals surface area contributed by atoms with Crippen LogP contribution >= 0.6 is 0 Å². The molecule has 2 aromatic rings. The lowest BCUT2D eigenvalue weighted by molar-refractivity contribution is 0.454. The average molecular weight is 282 g/mol. The quantitative estimate of drug-likeness (QED) is 0.880. The Bertz CT molecular complexity index is 583. The van der Waals surface area contributed by atoms with Crippen LogP contribution in [0, 0.1) is 0 Å². The summed E-state index contributed by atoms with van der Waals surface area (Å²) in [6, 6.07) is 10.5. The van der Waals surface area contributed by atoms with E-state index in [1.54, 1.807) is 0 Å². The molecule has 110 valence electrons. The molecule has 1 aliphatic rings. The van der Waals surface area contributed by atoms with Gasteiger partial charge in [0.15, 0.2) is 0 Å². The van der Waals surface area contributed by atoms with E-state index in [1.165, 1.54) is 24.1 Å². The summed E-state index contributed by atoms with van der Waals surface area (Å²) in [6.45, 7) is 3.24. The third kappa shape index (κ3) is 3.39. The molecule has 1 aromatic heterocycles. The molecule has 0 aliphatic heterocycles. The van der Waals surface area contributed by atoms with Gasteiger partial charge in [0.2, 0.25) is 5.95 Å². The second-order valence-corrected chi connectivity index (χ2v) is 5.49. The first-order valence-corrected chi connectivity index (χ1v) is 7.78. The van der Waals surface area contributed by atoms with Crippen LogP contribution in [-0.4, -0.2) is 16.5 Å². The third-order valence-electron chi connectivity index (χ3n) is 3.85. The molecule has 1 aliphatic carbocycles. The van der Waals surface area contributed by atoms with E-state index in [1.807, 2.05) is 36.5 Å². The predicted molar refractivity (Wildman–Crippen MR) is 85.7 cm³/mol. The van der Waals surface area contributed by atoms with Crippen LogP contribution in [0.1, 0.15) is 43.5 Å². The topological polar surface area (TPSA) is 49.8 Å². The Kier molecular flexibility index (Phi) is 4.46. The minimum Gasteiger partial charge on any atom is -0.324 e. The Balaban J connectivity index is 1.78. The first-order chi connectivity index (χ1) is 10.4. The number of benzene rings is 1. The van der Waals surface area contributed by atoms with Gasteiger partial charge in [0, 0.05) is 23.5 Å². The summed E-state index contributed by atoms with van der Waals surface area (Å²) in [5.41, 5.74) is 3.48. The number of fused-ring (bicyclic) bond motifs is 1. The number of nitrogens with zero attached hydrogens (tertiary/aromatic N) is 2. The molecule has 4 nitrogen and oxygen atoms in total. The van der Waals surface area contributed by atoms with Crippen molar-refractivity contribution in [1.82, 2.24) is 15.3 Å². The molecule has 1 atom stereocenters. The van der Waals surface area contributed by atoms with E-state index < -0.39 is 0 Å². The number of hydrogen-bond donors (Lipinski definition) is 2. The Morgan fingerprint density at radius 2 is 2.10 bits per heavy atom. The molecule has 0 radical (unpaired) electrons. The molecule has 1 unspecified atom stereocenters. The molecule has 4 heteroatoms. The standard InChI is InChI=1S/C17H22N4/c1-2-11-18-15-9-6-10-16-14(15)12-19-17(21-16)20-13-7-4-3-5-8-13/h3-5,7-8,12,15,18H,2,6,9-11H2,1H3,(H,19,20,21). The molecule has 3 rings (SSSR count). The fourth-order valence-corrected chi connectivity index (χ4v) is 2.79. The van der Waals surface area contributed by atoms with Crippen LogP contribution in [0.25, 0.3) is 0 Å². The summed E-state index contributed by atoms with van der Waals surface area (Å²) < 4.78 is 0. The minimum absolute atomic E-state index is 0.416. The van der Waals surface area contributed by atoms with Crippen LogP contribution in [0.4, 0.5) is 11.6 Å². The van der Waals surface area contributed by atoms with Gasteiger partial charge >= 0.3 is 0 Å². The summed E-state index contributed by atoms with van der Waals surface area (Å²) >= 11 is 0. The van der Waals surface area contributed by atoms with Crippen molar-refractivity contribution in [2.24, 2.45) is 0 Å². The van der Waals surface area contributed by atoms with Gasteiger partial charge in [-0.25, -0.2) is 9.97 Å². The van der Waals surface area contributed by atoms with Gasteiger partial charge in [-0.3, -0.25) is 0 Å². The zero-order chi connectivity index (χ0) is 14.5. The number of rotatable bonds is 5. The second-order valence-electron chi connectivity index (χ2n) is 5.49. The number of aryl methyl sites for hydroxylation is 1. The van der Waals surface area contributed by atoms with Gasteiger partial charge in [0.05, 0.1) is 5.69 Å². The van der Waals surface area contributed by atoms with Gasteiger partial charge in [-0.15, -0.1) is 0 Å². The number of para-hydroxylation sites is 1. The molecule has 0 saturated carbocycles. The maximum atomic E-state index is 4.70. The van der Waals surface area contributed by atoms with Crippen molar-refractivity contribution in [3.63, 3.8) is 0 Å². The van der Waals surface area contributed by atoms with Gasteiger partial charge in [0.1, 0.15) is 0 Å². The van der Waals surface area contributed by atoms with Gasteiger partial charge < -0.3 is 10.6 Å². The van der Waals surface area contributed by atoms with Crippen molar-refractivity contribution < 1.29 is 0 Å². The number of anilines is 2. The van der Waals surface area contributed by atoms with E-state index in [2.05, 4.69) is 22.5 Å².